The maximum Gasteiger partial charge on any atom is 0.233 e. The summed E-state index contributed by atoms with van der Waals surface area (Å²) in [6, 6.07) is 4.93. The van der Waals surface area contributed by atoms with Gasteiger partial charge in [-0.2, -0.15) is 5.10 Å². The molecule has 1 aromatic heterocycles. The predicted molar refractivity (Wildman–Crippen MR) is 83.7 cm³/mol. The zero-order chi connectivity index (χ0) is 15.5. The summed E-state index contributed by atoms with van der Waals surface area (Å²) in [5.41, 5.74) is 0.772. The van der Waals surface area contributed by atoms with Crippen molar-refractivity contribution in [3.05, 3.63) is 35.9 Å². The van der Waals surface area contributed by atoms with E-state index in [0.29, 0.717) is 16.4 Å². The van der Waals surface area contributed by atoms with Crippen LogP contribution in [0.5, 0.6) is 0 Å². The van der Waals surface area contributed by atoms with E-state index in [-0.39, 0.29) is 17.6 Å². The molecule has 0 spiro atoms. The molecule has 0 radical (unpaired) electrons. The molecule has 6 nitrogen and oxygen atoms in total. The Hall–Kier alpha value is -1.31. The molecule has 0 bridgehead atoms. The van der Waals surface area contributed by atoms with Gasteiger partial charge in [-0.3, -0.25) is 4.72 Å². The van der Waals surface area contributed by atoms with Gasteiger partial charge in [-0.25, -0.2) is 18.1 Å². The highest BCUT2D eigenvalue weighted by Crippen LogP contribution is 2.28. The summed E-state index contributed by atoms with van der Waals surface area (Å²) in [6.07, 6.45) is 2.79. The molecule has 9 heteroatoms. The molecule has 0 fully saturated rings. The lowest BCUT2D eigenvalue weighted by atomic mass is 10.3. The van der Waals surface area contributed by atoms with Crippen LogP contribution in [0.4, 0.5) is 5.69 Å². The van der Waals surface area contributed by atoms with Crippen molar-refractivity contribution in [3.63, 3.8) is 0 Å². The first-order valence-electron chi connectivity index (χ1n) is 6.13. The van der Waals surface area contributed by atoms with Gasteiger partial charge in [0.05, 0.1) is 16.5 Å². The van der Waals surface area contributed by atoms with Crippen LogP contribution in [0.3, 0.4) is 0 Å². The third-order valence-corrected chi connectivity index (χ3v) is 5.04. The van der Waals surface area contributed by atoms with Crippen LogP contribution in [0.15, 0.2) is 30.9 Å². The van der Waals surface area contributed by atoms with Crippen molar-refractivity contribution in [2.75, 3.05) is 16.4 Å². The summed E-state index contributed by atoms with van der Waals surface area (Å²) < 4.78 is 28.2. The van der Waals surface area contributed by atoms with E-state index in [2.05, 4.69) is 14.8 Å². The standard InChI is InChI=1S/C12H14Cl2N4O2S/c1-9(5-13)6-21(19,20)17-11-4-2-3-10(14)12(11)18-8-15-7-16-18/h2-4,7-9,17H,5-6H2,1H3. The summed E-state index contributed by atoms with van der Waals surface area (Å²) >= 11 is 11.8. The minimum Gasteiger partial charge on any atom is -0.281 e. The highest BCUT2D eigenvalue weighted by atomic mass is 35.5. The van der Waals surface area contributed by atoms with Crippen LogP contribution in [0.25, 0.3) is 5.69 Å². The molecule has 0 saturated carbocycles. The summed E-state index contributed by atoms with van der Waals surface area (Å²) in [5, 5.41) is 4.35. The number of alkyl halides is 1. The van der Waals surface area contributed by atoms with Crippen LogP contribution in [-0.4, -0.2) is 34.8 Å². The smallest absolute Gasteiger partial charge is 0.233 e. The number of halogens is 2. The number of anilines is 1. The van der Waals surface area contributed by atoms with Crippen LogP contribution in [0.1, 0.15) is 6.92 Å². The number of para-hydroxylation sites is 1. The zero-order valence-corrected chi connectivity index (χ0v) is 13.5. The average Bonchev–Trinajstić information content (AvgIpc) is 2.91. The second kappa shape index (κ2) is 6.64. The maximum atomic E-state index is 12.1. The SMILES string of the molecule is CC(CCl)CS(=O)(=O)Nc1cccc(Cl)c1-n1cncn1. The van der Waals surface area contributed by atoms with Gasteiger partial charge >= 0.3 is 0 Å². The van der Waals surface area contributed by atoms with Gasteiger partial charge in [-0.15, -0.1) is 11.6 Å². The summed E-state index contributed by atoms with van der Waals surface area (Å²) in [7, 11) is -3.53. The lowest BCUT2D eigenvalue weighted by molar-refractivity contribution is 0.588. The monoisotopic (exact) mass is 348 g/mol. The van der Waals surface area contributed by atoms with E-state index in [1.807, 2.05) is 0 Å². The van der Waals surface area contributed by atoms with Gasteiger partial charge < -0.3 is 0 Å². The molecule has 0 aliphatic rings. The van der Waals surface area contributed by atoms with Gasteiger partial charge in [0, 0.05) is 5.88 Å². The molecule has 2 aromatic rings. The van der Waals surface area contributed by atoms with E-state index in [4.69, 9.17) is 23.2 Å². The van der Waals surface area contributed by atoms with Gasteiger partial charge in [0.25, 0.3) is 0 Å². The molecule has 0 aliphatic heterocycles. The number of nitrogens with one attached hydrogen (secondary N) is 1. The Kier molecular flexibility index (Phi) is 5.08. The molecule has 0 aliphatic carbocycles. The molecular formula is C12H14Cl2N4O2S. The van der Waals surface area contributed by atoms with Gasteiger partial charge in [0.1, 0.15) is 18.3 Å². The first-order chi connectivity index (χ1) is 9.93. The molecule has 1 heterocycles. The van der Waals surface area contributed by atoms with Crippen molar-refractivity contribution in [1.29, 1.82) is 0 Å². The Morgan fingerprint density at radius 1 is 1.43 bits per heavy atom. The largest absolute Gasteiger partial charge is 0.281 e. The number of hydrogen-bond acceptors (Lipinski definition) is 4. The Labute approximate surface area is 133 Å². The molecule has 1 N–H and O–H groups in total. The lowest BCUT2D eigenvalue weighted by Gasteiger charge is -2.15. The number of sulfonamides is 1. The van der Waals surface area contributed by atoms with Crippen molar-refractivity contribution in [1.82, 2.24) is 14.8 Å². The van der Waals surface area contributed by atoms with Crippen molar-refractivity contribution in [2.24, 2.45) is 5.92 Å². The van der Waals surface area contributed by atoms with Crippen molar-refractivity contribution >= 4 is 38.9 Å². The summed E-state index contributed by atoms with van der Waals surface area (Å²) in [5.74, 6) is 0.0461. The van der Waals surface area contributed by atoms with E-state index in [1.165, 1.54) is 17.3 Å². The van der Waals surface area contributed by atoms with Crippen molar-refractivity contribution in [3.8, 4) is 5.69 Å². The normalized spacial score (nSPS) is 13.1. The van der Waals surface area contributed by atoms with E-state index < -0.39 is 10.0 Å². The first-order valence-corrected chi connectivity index (χ1v) is 8.69. The fourth-order valence-corrected chi connectivity index (χ4v) is 3.73. The van der Waals surface area contributed by atoms with E-state index in [1.54, 1.807) is 25.1 Å². The second-order valence-corrected chi connectivity index (χ2v) is 7.10. The van der Waals surface area contributed by atoms with Gasteiger partial charge in [0.2, 0.25) is 10.0 Å². The molecule has 1 unspecified atom stereocenters. The van der Waals surface area contributed by atoms with E-state index in [9.17, 15) is 8.42 Å². The van der Waals surface area contributed by atoms with Gasteiger partial charge in [-0.1, -0.05) is 24.6 Å². The predicted octanol–water partition coefficient (Wildman–Crippen LogP) is 2.54. The highest BCUT2D eigenvalue weighted by Gasteiger charge is 2.18. The number of nitrogens with zero attached hydrogens (tertiary/aromatic N) is 3. The Morgan fingerprint density at radius 3 is 2.81 bits per heavy atom. The summed E-state index contributed by atoms with van der Waals surface area (Å²) in [4.78, 5) is 3.84. The third-order valence-electron chi connectivity index (χ3n) is 2.67. The fraction of sp³-hybridized carbons (Fsp3) is 0.333. The Bertz CT molecular complexity index is 704. The van der Waals surface area contributed by atoms with Crippen molar-refractivity contribution in [2.45, 2.75) is 6.92 Å². The molecule has 1 aromatic carbocycles. The summed E-state index contributed by atoms with van der Waals surface area (Å²) in [6.45, 7) is 1.77. The van der Waals surface area contributed by atoms with Gasteiger partial charge in [-0.05, 0) is 18.1 Å². The van der Waals surface area contributed by atoms with Crippen LogP contribution in [0.2, 0.25) is 5.02 Å². The fourth-order valence-electron chi connectivity index (χ4n) is 1.78. The Balaban J connectivity index is 2.35. The molecule has 1 atom stereocenters. The van der Waals surface area contributed by atoms with Crippen molar-refractivity contribution < 1.29 is 8.42 Å². The number of rotatable bonds is 6. The van der Waals surface area contributed by atoms with E-state index >= 15 is 0 Å². The van der Waals surface area contributed by atoms with Crippen LogP contribution < -0.4 is 4.72 Å². The third kappa shape index (κ3) is 4.09. The minimum atomic E-state index is -3.53. The molecule has 2 rings (SSSR count). The average molecular weight is 349 g/mol. The quantitative estimate of drug-likeness (QED) is 0.813. The zero-order valence-electron chi connectivity index (χ0n) is 11.2. The molecule has 114 valence electrons. The maximum absolute atomic E-state index is 12.1. The molecule has 0 amide bonds. The van der Waals surface area contributed by atoms with Crippen LogP contribution in [-0.2, 0) is 10.0 Å². The molecular weight excluding hydrogens is 335 g/mol. The van der Waals surface area contributed by atoms with Crippen LogP contribution >= 0.6 is 23.2 Å². The van der Waals surface area contributed by atoms with E-state index in [0.717, 1.165) is 0 Å². The molecule has 21 heavy (non-hydrogen) atoms. The molecule has 0 saturated heterocycles. The number of benzene rings is 1. The minimum absolute atomic E-state index is 0.0696. The second-order valence-electron chi connectivity index (χ2n) is 4.62. The first kappa shape index (κ1) is 16.1. The van der Waals surface area contributed by atoms with Gasteiger partial charge in [0.15, 0.2) is 0 Å². The number of aromatic nitrogens is 3. The Morgan fingerprint density at radius 2 is 2.19 bits per heavy atom. The highest BCUT2D eigenvalue weighted by molar-refractivity contribution is 7.92. The lowest BCUT2D eigenvalue weighted by Crippen LogP contribution is -2.23. The van der Waals surface area contributed by atoms with Crippen LogP contribution in [0, 0.1) is 5.92 Å². The number of hydrogen-bond donors (Lipinski definition) is 1. The topological polar surface area (TPSA) is 76.9 Å².